The Bertz CT molecular complexity index is 1180. The first kappa shape index (κ1) is 16.0. The molecule has 2 aromatic carbocycles. The Labute approximate surface area is 147 Å². The normalized spacial score (nSPS) is 12.9. The van der Waals surface area contributed by atoms with Crippen molar-refractivity contribution >= 4 is 31.8 Å². The van der Waals surface area contributed by atoms with E-state index in [2.05, 4.69) is 25.3 Å². The van der Waals surface area contributed by atoms with Crippen LogP contribution in [0.25, 0.3) is 21.8 Å². The van der Waals surface area contributed by atoms with Gasteiger partial charge in [0.25, 0.3) is 10.0 Å². The van der Waals surface area contributed by atoms with Gasteiger partial charge in [0, 0.05) is 28.7 Å². The fourth-order valence-corrected chi connectivity index (χ4v) is 4.70. The Kier molecular flexibility index (Phi) is 3.34. The molecule has 0 aliphatic carbocycles. The van der Waals surface area contributed by atoms with Gasteiger partial charge in [-0.2, -0.15) is 0 Å². The second-order valence-electron chi connectivity index (χ2n) is 7.23. The van der Waals surface area contributed by atoms with E-state index in [1.807, 2.05) is 42.7 Å². The zero-order valence-corrected chi connectivity index (χ0v) is 15.3. The molecule has 0 amide bonds. The molecule has 0 aliphatic heterocycles. The molecule has 0 bridgehead atoms. The molecule has 4 aromatic rings. The lowest BCUT2D eigenvalue weighted by molar-refractivity contribution is 0.399. The minimum atomic E-state index is -3.68. The van der Waals surface area contributed by atoms with Gasteiger partial charge in [-0.3, -0.25) is 0 Å². The fourth-order valence-electron chi connectivity index (χ4n) is 3.17. The van der Waals surface area contributed by atoms with Gasteiger partial charge >= 0.3 is 0 Å². The van der Waals surface area contributed by atoms with Gasteiger partial charge in [0.1, 0.15) is 0 Å². The number of para-hydroxylation sites is 1. The lowest BCUT2D eigenvalue weighted by Crippen LogP contribution is -2.20. The summed E-state index contributed by atoms with van der Waals surface area (Å²) in [5.41, 5.74) is 1.29. The molecule has 0 saturated heterocycles. The quantitative estimate of drug-likeness (QED) is 0.530. The van der Waals surface area contributed by atoms with Crippen molar-refractivity contribution in [3.63, 3.8) is 0 Å². The predicted octanol–water partition coefficient (Wildman–Crippen LogP) is 4.59. The van der Waals surface area contributed by atoms with Gasteiger partial charge in [-0.15, -0.1) is 0 Å². The molecule has 2 aromatic heterocycles. The molecule has 0 saturated carbocycles. The third-order valence-corrected chi connectivity index (χ3v) is 6.24. The topological polar surface area (TPSA) is 44.0 Å². The lowest BCUT2D eigenvalue weighted by atomic mass is 10.1. The first-order valence-electron chi connectivity index (χ1n) is 8.22. The van der Waals surface area contributed by atoms with E-state index in [9.17, 15) is 8.42 Å². The fraction of sp³-hybridized carbons (Fsp3) is 0.200. The SMILES string of the molecule is CC(C)(C)n1cc2c3ccccc3n(S(=O)(=O)c3ccccc3)c2c1. The smallest absolute Gasteiger partial charge is 0.268 e. The minimum absolute atomic E-state index is 0.124. The van der Waals surface area contributed by atoms with Crippen molar-refractivity contribution in [2.24, 2.45) is 0 Å². The number of benzene rings is 2. The van der Waals surface area contributed by atoms with Crippen molar-refractivity contribution in [3.05, 3.63) is 67.0 Å². The number of hydrogen-bond acceptors (Lipinski definition) is 2. The van der Waals surface area contributed by atoms with Crippen LogP contribution in [-0.2, 0) is 15.6 Å². The first-order valence-corrected chi connectivity index (χ1v) is 9.66. The van der Waals surface area contributed by atoms with Crippen LogP contribution in [0.2, 0.25) is 0 Å². The van der Waals surface area contributed by atoms with E-state index in [4.69, 9.17) is 0 Å². The van der Waals surface area contributed by atoms with Gasteiger partial charge in [0.2, 0.25) is 0 Å². The monoisotopic (exact) mass is 352 g/mol. The van der Waals surface area contributed by atoms with Crippen molar-refractivity contribution in [3.8, 4) is 0 Å². The molecule has 0 atom stereocenters. The third kappa shape index (κ3) is 2.38. The average molecular weight is 352 g/mol. The molecule has 4 rings (SSSR count). The Morgan fingerprint density at radius 1 is 0.760 bits per heavy atom. The predicted molar refractivity (Wildman–Crippen MR) is 101 cm³/mol. The van der Waals surface area contributed by atoms with Gasteiger partial charge in [0.05, 0.1) is 15.9 Å². The molecule has 0 unspecified atom stereocenters. The zero-order valence-electron chi connectivity index (χ0n) is 14.5. The van der Waals surface area contributed by atoms with Crippen LogP contribution in [0.1, 0.15) is 20.8 Å². The molecular weight excluding hydrogens is 332 g/mol. The summed E-state index contributed by atoms with van der Waals surface area (Å²) < 4.78 is 30.2. The van der Waals surface area contributed by atoms with E-state index < -0.39 is 10.0 Å². The minimum Gasteiger partial charge on any atom is -0.346 e. The molecule has 0 fully saturated rings. The average Bonchev–Trinajstić information content (AvgIpc) is 3.12. The first-order chi connectivity index (χ1) is 11.8. The largest absolute Gasteiger partial charge is 0.346 e. The Balaban J connectivity index is 2.13. The van der Waals surface area contributed by atoms with Crippen molar-refractivity contribution in [2.45, 2.75) is 31.2 Å². The molecule has 0 radical (unpaired) electrons. The number of aromatic nitrogens is 2. The van der Waals surface area contributed by atoms with Crippen LogP contribution in [0.4, 0.5) is 0 Å². The van der Waals surface area contributed by atoms with Crippen LogP contribution in [0.3, 0.4) is 0 Å². The molecular formula is C20H20N2O2S. The highest BCUT2D eigenvalue weighted by Gasteiger charge is 2.25. The maximum atomic E-state index is 13.3. The highest BCUT2D eigenvalue weighted by atomic mass is 32.2. The van der Waals surface area contributed by atoms with Gasteiger partial charge in [-0.1, -0.05) is 36.4 Å². The summed E-state index contributed by atoms with van der Waals surface area (Å²) >= 11 is 0. The molecule has 128 valence electrons. The van der Waals surface area contributed by atoms with Gasteiger partial charge in [0.15, 0.2) is 0 Å². The van der Waals surface area contributed by atoms with Gasteiger partial charge in [-0.25, -0.2) is 12.4 Å². The second-order valence-corrected chi connectivity index (χ2v) is 9.02. The Morgan fingerprint density at radius 2 is 1.40 bits per heavy atom. The van der Waals surface area contributed by atoms with Crippen LogP contribution in [0, 0.1) is 0 Å². The molecule has 5 heteroatoms. The summed E-state index contributed by atoms with van der Waals surface area (Å²) in [5, 5.41) is 1.89. The van der Waals surface area contributed by atoms with Crippen LogP contribution in [0.5, 0.6) is 0 Å². The third-order valence-electron chi connectivity index (χ3n) is 4.49. The van der Waals surface area contributed by atoms with E-state index in [0.717, 1.165) is 10.8 Å². The van der Waals surface area contributed by atoms with Crippen molar-refractivity contribution < 1.29 is 8.42 Å². The molecule has 2 heterocycles. The van der Waals surface area contributed by atoms with Crippen LogP contribution >= 0.6 is 0 Å². The number of hydrogen-bond donors (Lipinski definition) is 0. The number of rotatable bonds is 2. The Morgan fingerprint density at radius 3 is 2.08 bits per heavy atom. The van der Waals surface area contributed by atoms with Crippen LogP contribution in [-0.4, -0.2) is 17.0 Å². The van der Waals surface area contributed by atoms with Crippen LogP contribution < -0.4 is 0 Å². The summed E-state index contributed by atoms with van der Waals surface area (Å²) in [5.74, 6) is 0. The molecule has 0 spiro atoms. The summed E-state index contributed by atoms with van der Waals surface area (Å²) in [7, 11) is -3.68. The van der Waals surface area contributed by atoms with Gasteiger partial charge < -0.3 is 4.57 Å². The summed E-state index contributed by atoms with van der Waals surface area (Å²) in [6.45, 7) is 6.30. The van der Waals surface area contributed by atoms with E-state index in [1.165, 1.54) is 3.97 Å². The van der Waals surface area contributed by atoms with E-state index in [0.29, 0.717) is 15.9 Å². The van der Waals surface area contributed by atoms with Crippen LogP contribution in [0.15, 0.2) is 71.9 Å². The summed E-state index contributed by atoms with van der Waals surface area (Å²) in [6.07, 6.45) is 3.96. The van der Waals surface area contributed by atoms with E-state index >= 15 is 0 Å². The highest BCUT2D eigenvalue weighted by molar-refractivity contribution is 7.90. The molecule has 0 aliphatic rings. The highest BCUT2D eigenvalue weighted by Crippen LogP contribution is 2.34. The maximum absolute atomic E-state index is 13.3. The zero-order chi connectivity index (χ0) is 17.8. The standard InChI is InChI=1S/C20H20N2O2S/c1-20(2,3)21-13-17-16-11-7-8-12-18(16)22(19(17)14-21)25(23,24)15-9-5-4-6-10-15/h4-14H,1-3H3. The van der Waals surface area contributed by atoms with E-state index in [1.54, 1.807) is 24.3 Å². The van der Waals surface area contributed by atoms with Crippen molar-refractivity contribution in [1.29, 1.82) is 0 Å². The molecule has 25 heavy (non-hydrogen) atoms. The second kappa shape index (κ2) is 5.23. The summed E-state index contributed by atoms with van der Waals surface area (Å²) in [6, 6.07) is 16.2. The maximum Gasteiger partial charge on any atom is 0.268 e. The molecule has 0 N–H and O–H groups in total. The molecule has 4 nitrogen and oxygen atoms in total. The van der Waals surface area contributed by atoms with E-state index in [-0.39, 0.29) is 5.54 Å². The summed E-state index contributed by atoms with van der Waals surface area (Å²) in [4.78, 5) is 0.293. The van der Waals surface area contributed by atoms with Gasteiger partial charge in [-0.05, 0) is 39.0 Å². The number of fused-ring (bicyclic) bond motifs is 3. The van der Waals surface area contributed by atoms with Crippen molar-refractivity contribution in [1.82, 2.24) is 8.54 Å². The number of nitrogens with zero attached hydrogens (tertiary/aromatic N) is 2. The lowest BCUT2D eigenvalue weighted by Gasteiger charge is -2.21. The van der Waals surface area contributed by atoms with Crippen molar-refractivity contribution in [2.75, 3.05) is 0 Å². The Hall–Kier alpha value is -2.53.